The molecule has 3 heteroatoms. The molecule has 0 N–H and O–H groups in total. The molecule has 0 atom stereocenters. The van der Waals surface area contributed by atoms with E-state index in [0.29, 0.717) is 19.6 Å². The molecule has 25 heavy (non-hydrogen) atoms. The summed E-state index contributed by atoms with van der Waals surface area (Å²) in [5.41, 5.74) is 0. The van der Waals surface area contributed by atoms with Gasteiger partial charge < -0.3 is 9.47 Å². The SMILES string of the molecule is CCCCCCCC/C=C\CCCCCCCC(=O)OCCCOC. The van der Waals surface area contributed by atoms with Gasteiger partial charge in [-0.25, -0.2) is 0 Å². The van der Waals surface area contributed by atoms with Crippen molar-refractivity contribution < 1.29 is 14.3 Å². The van der Waals surface area contributed by atoms with Crippen LogP contribution >= 0.6 is 0 Å². The summed E-state index contributed by atoms with van der Waals surface area (Å²) in [6.45, 7) is 3.40. The maximum Gasteiger partial charge on any atom is 0.305 e. The molecule has 0 heterocycles. The predicted molar refractivity (Wildman–Crippen MR) is 107 cm³/mol. The Bertz CT molecular complexity index is 300. The number of esters is 1. The Hall–Kier alpha value is -0.830. The molecule has 0 saturated heterocycles. The van der Waals surface area contributed by atoms with Crippen molar-refractivity contribution in [2.24, 2.45) is 0 Å². The number of carbonyl (C=O) groups excluding carboxylic acids is 1. The summed E-state index contributed by atoms with van der Waals surface area (Å²) in [7, 11) is 1.66. The first-order valence-corrected chi connectivity index (χ1v) is 10.6. The number of allylic oxidation sites excluding steroid dienone is 2. The lowest BCUT2D eigenvalue weighted by Gasteiger charge is -2.04. The maximum atomic E-state index is 11.5. The molecule has 0 saturated carbocycles. The van der Waals surface area contributed by atoms with E-state index in [2.05, 4.69) is 19.1 Å². The highest BCUT2D eigenvalue weighted by Crippen LogP contribution is 2.10. The van der Waals surface area contributed by atoms with Gasteiger partial charge in [-0.3, -0.25) is 4.79 Å². The van der Waals surface area contributed by atoms with Crippen molar-refractivity contribution in [3.8, 4) is 0 Å². The fraction of sp³-hybridized carbons (Fsp3) is 0.864. The minimum atomic E-state index is -0.0614. The van der Waals surface area contributed by atoms with Crippen molar-refractivity contribution in [2.75, 3.05) is 20.3 Å². The summed E-state index contributed by atoms with van der Waals surface area (Å²) >= 11 is 0. The Kier molecular flexibility index (Phi) is 20.5. The van der Waals surface area contributed by atoms with Crippen LogP contribution in [0.2, 0.25) is 0 Å². The molecule has 0 aliphatic rings. The summed E-state index contributed by atoms with van der Waals surface area (Å²) in [6.07, 6.45) is 22.6. The van der Waals surface area contributed by atoms with Crippen LogP contribution in [0.5, 0.6) is 0 Å². The Morgan fingerprint density at radius 2 is 1.28 bits per heavy atom. The first-order chi connectivity index (χ1) is 12.3. The molecular weight excluding hydrogens is 312 g/mol. The van der Waals surface area contributed by atoms with Gasteiger partial charge in [-0.1, -0.05) is 70.4 Å². The van der Waals surface area contributed by atoms with E-state index in [1.54, 1.807) is 7.11 Å². The van der Waals surface area contributed by atoms with Gasteiger partial charge in [0.25, 0.3) is 0 Å². The monoisotopic (exact) mass is 354 g/mol. The molecule has 3 nitrogen and oxygen atoms in total. The lowest BCUT2D eigenvalue weighted by atomic mass is 10.1. The zero-order valence-corrected chi connectivity index (χ0v) is 16.9. The van der Waals surface area contributed by atoms with Crippen molar-refractivity contribution >= 4 is 5.97 Å². The van der Waals surface area contributed by atoms with Crippen LogP contribution in [0.15, 0.2) is 12.2 Å². The quantitative estimate of drug-likeness (QED) is 0.149. The number of unbranched alkanes of at least 4 members (excludes halogenated alkanes) is 11. The summed E-state index contributed by atoms with van der Waals surface area (Å²) in [5, 5.41) is 0. The predicted octanol–water partition coefficient (Wildman–Crippen LogP) is 6.60. The number of hydrogen-bond donors (Lipinski definition) is 0. The highest BCUT2D eigenvalue weighted by Gasteiger charge is 2.02. The van der Waals surface area contributed by atoms with Gasteiger partial charge in [0, 0.05) is 26.6 Å². The van der Waals surface area contributed by atoms with E-state index in [-0.39, 0.29) is 5.97 Å². The van der Waals surface area contributed by atoms with E-state index in [9.17, 15) is 4.79 Å². The highest BCUT2D eigenvalue weighted by molar-refractivity contribution is 5.69. The molecule has 0 aromatic heterocycles. The summed E-state index contributed by atoms with van der Waals surface area (Å²) in [4.78, 5) is 11.5. The Labute approximate surface area is 156 Å². The molecule has 0 rings (SSSR count). The molecule has 0 amide bonds. The smallest absolute Gasteiger partial charge is 0.305 e. The Morgan fingerprint density at radius 3 is 1.88 bits per heavy atom. The highest BCUT2D eigenvalue weighted by atomic mass is 16.5. The van der Waals surface area contributed by atoms with E-state index in [0.717, 1.165) is 19.3 Å². The fourth-order valence-corrected chi connectivity index (χ4v) is 2.80. The Balaban J connectivity index is 3.17. The third kappa shape index (κ3) is 21.1. The average Bonchev–Trinajstić information content (AvgIpc) is 2.62. The second-order valence-electron chi connectivity index (χ2n) is 6.90. The van der Waals surface area contributed by atoms with E-state index in [1.165, 1.54) is 70.6 Å². The third-order valence-corrected chi connectivity index (χ3v) is 4.40. The number of carbonyl (C=O) groups is 1. The molecule has 0 aromatic rings. The van der Waals surface area contributed by atoms with E-state index >= 15 is 0 Å². The molecule has 0 bridgehead atoms. The van der Waals surface area contributed by atoms with Gasteiger partial charge >= 0.3 is 5.97 Å². The van der Waals surface area contributed by atoms with Crippen molar-refractivity contribution in [1.29, 1.82) is 0 Å². The van der Waals surface area contributed by atoms with E-state index in [4.69, 9.17) is 9.47 Å². The first-order valence-electron chi connectivity index (χ1n) is 10.6. The maximum absolute atomic E-state index is 11.5. The number of ether oxygens (including phenoxy) is 2. The molecule has 0 aliphatic carbocycles. The molecule has 0 radical (unpaired) electrons. The van der Waals surface area contributed by atoms with Gasteiger partial charge in [0.1, 0.15) is 0 Å². The molecule has 0 spiro atoms. The summed E-state index contributed by atoms with van der Waals surface area (Å²) < 4.78 is 10.1. The normalized spacial score (nSPS) is 11.3. The minimum absolute atomic E-state index is 0.0614. The standard InChI is InChI=1S/C22H42O3/c1-3-4-5-6-7-8-9-10-11-12-13-14-15-16-17-19-22(23)25-21-18-20-24-2/h10-11H,3-9,12-21H2,1-2H3/b11-10-. The lowest BCUT2D eigenvalue weighted by Crippen LogP contribution is -2.07. The molecule has 148 valence electrons. The second-order valence-corrected chi connectivity index (χ2v) is 6.90. The van der Waals surface area contributed by atoms with Crippen LogP contribution in [0.4, 0.5) is 0 Å². The van der Waals surface area contributed by atoms with Crippen LogP contribution in [0, 0.1) is 0 Å². The minimum Gasteiger partial charge on any atom is -0.466 e. The average molecular weight is 355 g/mol. The molecule has 0 aliphatic heterocycles. The van der Waals surface area contributed by atoms with Crippen LogP contribution in [0.3, 0.4) is 0 Å². The topological polar surface area (TPSA) is 35.5 Å². The van der Waals surface area contributed by atoms with Crippen molar-refractivity contribution in [1.82, 2.24) is 0 Å². The molecular formula is C22H42O3. The van der Waals surface area contributed by atoms with Crippen LogP contribution in [-0.2, 0) is 14.3 Å². The van der Waals surface area contributed by atoms with Gasteiger partial charge in [0.15, 0.2) is 0 Å². The van der Waals surface area contributed by atoms with Gasteiger partial charge in [-0.15, -0.1) is 0 Å². The van der Waals surface area contributed by atoms with Crippen LogP contribution in [0.25, 0.3) is 0 Å². The largest absolute Gasteiger partial charge is 0.466 e. The van der Waals surface area contributed by atoms with Crippen molar-refractivity contribution in [3.63, 3.8) is 0 Å². The molecule has 0 unspecified atom stereocenters. The van der Waals surface area contributed by atoms with Gasteiger partial charge in [0.2, 0.25) is 0 Å². The molecule has 0 aromatic carbocycles. The van der Waals surface area contributed by atoms with Gasteiger partial charge in [0.05, 0.1) is 6.61 Å². The lowest BCUT2D eigenvalue weighted by molar-refractivity contribution is -0.144. The number of hydrogen-bond acceptors (Lipinski definition) is 3. The third-order valence-electron chi connectivity index (χ3n) is 4.40. The zero-order valence-electron chi connectivity index (χ0n) is 16.9. The molecule has 0 fully saturated rings. The zero-order chi connectivity index (χ0) is 18.4. The first kappa shape index (κ1) is 24.2. The van der Waals surface area contributed by atoms with Crippen LogP contribution < -0.4 is 0 Å². The van der Waals surface area contributed by atoms with E-state index in [1.807, 2.05) is 0 Å². The van der Waals surface area contributed by atoms with Crippen molar-refractivity contribution in [3.05, 3.63) is 12.2 Å². The van der Waals surface area contributed by atoms with Crippen LogP contribution in [-0.4, -0.2) is 26.3 Å². The van der Waals surface area contributed by atoms with Crippen molar-refractivity contribution in [2.45, 2.75) is 103 Å². The number of methoxy groups -OCH3 is 1. The number of rotatable bonds is 19. The Morgan fingerprint density at radius 1 is 0.720 bits per heavy atom. The summed E-state index contributed by atoms with van der Waals surface area (Å²) in [6, 6.07) is 0. The summed E-state index contributed by atoms with van der Waals surface area (Å²) in [5.74, 6) is -0.0614. The van der Waals surface area contributed by atoms with Crippen LogP contribution in [0.1, 0.15) is 103 Å². The van der Waals surface area contributed by atoms with Gasteiger partial charge in [-0.2, -0.15) is 0 Å². The fourth-order valence-electron chi connectivity index (χ4n) is 2.80. The van der Waals surface area contributed by atoms with E-state index < -0.39 is 0 Å². The second kappa shape index (κ2) is 21.2. The van der Waals surface area contributed by atoms with Gasteiger partial charge in [-0.05, 0) is 32.1 Å².